The van der Waals surface area contributed by atoms with Gasteiger partial charge < -0.3 is 20.9 Å². The average molecular weight is 423 g/mol. The summed E-state index contributed by atoms with van der Waals surface area (Å²) in [5, 5.41) is 7.94. The van der Waals surface area contributed by atoms with Gasteiger partial charge in [0.15, 0.2) is 0 Å². The Morgan fingerprint density at radius 1 is 1.21 bits per heavy atom. The van der Waals surface area contributed by atoms with Crippen molar-refractivity contribution in [3.63, 3.8) is 0 Å². The molecule has 2 rings (SSSR count). The molecule has 0 spiro atoms. The molecule has 29 heavy (non-hydrogen) atoms. The van der Waals surface area contributed by atoms with Crippen LogP contribution in [0.1, 0.15) is 26.7 Å². The summed E-state index contributed by atoms with van der Waals surface area (Å²) in [4.78, 5) is 38.8. The van der Waals surface area contributed by atoms with Crippen molar-refractivity contribution in [2.24, 2.45) is 5.92 Å². The van der Waals surface area contributed by atoms with Crippen molar-refractivity contribution in [1.29, 1.82) is 0 Å². The van der Waals surface area contributed by atoms with Crippen molar-refractivity contribution in [1.82, 2.24) is 20.9 Å². The van der Waals surface area contributed by atoms with Gasteiger partial charge in [0.2, 0.25) is 11.8 Å². The van der Waals surface area contributed by atoms with Gasteiger partial charge in [0.1, 0.15) is 6.04 Å². The summed E-state index contributed by atoms with van der Waals surface area (Å²) in [6.45, 7) is 4.20. The van der Waals surface area contributed by atoms with Crippen LogP contribution in [-0.4, -0.2) is 64.9 Å². The molecule has 1 aromatic carbocycles. The van der Waals surface area contributed by atoms with Gasteiger partial charge in [-0.3, -0.25) is 13.8 Å². The molecular formula is C20H30N4O4S. The van der Waals surface area contributed by atoms with Crippen LogP contribution in [0.4, 0.5) is 4.79 Å². The predicted octanol–water partition coefficient (Wildman–Crippen LogP) is 0.855. The second kappa shape index (κ2) is 10.9. The monoisotopic (exact) mass is 422 g/mol. The maximum Gasteiger partial charge on any atom is 0.315 e. The zero-order valence-corrected chi connectivity index (χ0v) is 18.0. The maximum absolute atomic E-state index is 12.6. The zero-order chi connectivity index (χ0) is 21.4. The molecule has 1 heterocycles. The highest BCUT2D eigenvalue weighted by Gasteiger charge is 2.33. The smallest absolute Gasteiger partial charge is 0.315 e. The molecule has 1 aliphatic rings. The fraction of sp³-hybridized carbons (Fsp3) is 0.550. The van der Waals surface area contributed by atoms with E-state index in [9.17, 15) is 18.6 Å². The van der Waals surface area contributed by atoms with Crippen LogP contribution in [0.2, 0.25) is 0 Å². The minimum Gasteiger partial charge on any atom is -0.357 e. The van der Waals surface area contributed by atoms with E-state index in [1.165, 1.54) is 4.90 Å². The van der Waals surface area contributed by atoms with Crippen molar-refractivity contribution in [3.8, 4) is 0 Å². The first-order valence-corrected chi connectivity index (χ1v) is 11.1. The van der Waals surface area contributed by atoms with Gasteiger partial charge in [-0.2, -0.15) is 0 Å². The number of nitrogens with one attached hydrogen (secondary N) is 3. The third-order valence-corrected chi connectivity index (χ3v) is 6.44. The summed E-state index contributed by atoms with van der Waals surface area (Å²) in [6, 6.07) is 7.83. The highest BCUT2D eigenvalue weighted by molar-refractivity contribution is 7.85. The van der Waals surface area contributed by atoms with Crippen LogP contribution in [0.5, 0.6) is 0 Å². The van der Waals surface area contributed by atoms with Crippen LogP contribution in [0.3, 0.4) is 0 Å². The second-order valence-corrected chi connectivity index (χ2v) is 8.86. The molecule has 3 N–H and O–H groups in total. The van der Waals surface area contributed by atoms with E-state index < -0.39 is 22.9 Å². The molecule has 3 atom stereocenters. The van der Waals surface area contributed by atoms with Crippen molar-refractivity contribution >= 4 is 28.6 Å². The Labute approximate surface area is 174 Å². The van der Waals surface area contributed by atoms with Gasteiger partial charge >= 0.3 is 6.03 Å². The van der Waals surface area contributed by atoms with E-state index in [1.807, 2.05) is 32.0 Å². The lowest BCUT2D eigenvalue weighted by Gasteiger charge is -2.25. The molecule has 0 radical (unpaired) electrons. The van der Waals surface area contributed by atoms with Crippen molar-refractivity contribution in [2.75, 3.05) is 25.9 Å². The number of amides is 4. The molecule has 160 valence electrons. The van der Waals surface area contributed by atoms with E-state index in [0.29, 0.717) is 17.9 Å². The normalized spacial score (nSPS) is 18.2. The number of nitrogens with zero attached hydrogens (tertiary/aromatic N) is 1. The number of hydrogen-bond acceptors (Lipinski definition) is 4. The average Bonchev–Trinajstić information content (AvgIpc) is 3.21. The van der Waals surface area contributed by atoms with Crippen molar-refractivity contribution in [3.05, 3.63) is 30.3 Å². The molecule has 4 amide bonds. The Morgan fingerprint density at radius 3 is 2.52 bits per heavy atom. The molecule has 9 heteroatoms. The number of likely N-dealkylation sites (N-methyl/N-ethyl adjacent to an activating group) is 1. The fourth-order valence-corrected chi connectivity index (χ4v) is 4.66. The second-order valence-electron chi connectivity index (χ2n) is 7.36. The molecule has 1 aliphatic heterocycles. The highest BCUT2D eigenvalue weighted by atomic mass is 32.2. The minimum absolute atomic E-state index is 0.0697. The third-order valence-electron chi connectivity index (χ3n) is 4.98. The van der Waals surface area contributed by atoms with E-state index in [0.717, 1.165) is 6.42 Å². The van der Waals surface area contributed by atoms with Gasteiger partial charge in [0.25, 0.3) is 0 Å². The molecule has 1 fully saturated rings. The van der Waals surface area contributed by atoms with Gasteiger partial charge in [0.05, 0.1) is 17.3 Å². The lowest BCUT2D eigenvalue weighted by atomic mass is 10.1. The summed E-state index contributed by atoms with van der Waals surface area (Å²) in [5.41, 5.74) is 0. The van der Waals surface area contributed by atoms with Crippen molar-refractivity contribution in [2.45, 2.75) is 43.7 Å². The summed E-state index contributed by atoms with van der Waals surface area (Å²) < 4.78 is 12.6. The van der Waals surface area contributed by atoms with Crippen LogP contribution in [-0.2, 0) is 20.4 Å². The van der Waals surface area contributed by atoms with E-state index in [2.05, 4.69) is 16.0 Å². The number of likely N-dealkylation sites (tertiary alicyclic amines) is 1. The molecule has 0 aromatic heterocycles. The maximum atomic E-state index is 12.6. The first kappa shape index (κ1) is 22.9. The van der Waals surface area contributed by atoms with Crippen LogP contribution in [0.15, 0.2) is 35.2 Å². The minimum atomic E-state index is -1.24. The highest BCUT2D eigenvalue weighted by Crippen LogP contribution is 2.17. The lowest BCUT2D eigenvalue weighted by Crippen LogP contribution is -2.51. The molecule has 0 aliphatic carbocycles. The van der Waals surface area contributed by atoms with E-state index in [1.54, 1.807) is 19.2 Å². The molecule has 0 bridgehead atoms. The van der Waals surface area contributed by atoms with Crippen LogP contribution in [0, 0.1) is 5.92 Å². The van der Waals surface area contributed by atoms with E-state index in [-0.39, 0.29) is 36.1 Å². The largest absolute Gasteiger partial charge is 0.357 e. The third kappa shape index (κ3) is 6.56. The van der Waals surface area contributed by atoms with Gasteiger partial charge in [-0.15, -0.1) is 0 Å². The Hall–Kier alpha value is -2.42. The Bertz CT molecular complexity index is 741. The first-order chi connectivity index (χ1) is 13.8. The van der Waals surface area contributed by atoms with E-state index >= 15 is 0 Å². The Morgan fingerprint density at radius 2 is 1.90 bits per heavy atom. The predicted molar refractivity (Wildman–Crippen MR) is 112 cm³/mol. The number of carbonyl (C=O) groups excluding carboxylic acids is 3. The number of rotatable bonds is 8. The SMILES string of the molecule is CNC(=O)[C@@H]1CCCN1C(=O)CNC(=O)NC(CS(=O)c1ccccc1)C(C)C. The number of benzene rings is 1. The molecule has 0 saturated carbocycles. The van der Waals surface area contributed by atoms with Crippen LogP contribution < -0.4 is 16.0 Å². The summed E-state index contributed by atoms with van der Waals surface area (Å²) in [6.07, 6.45) is 1.38. The number of hydrogen-bond donors (Lipinski definition) is 3. The standard InChI is InChI=1S/C20H30N4O4S/c1-14(2)16(13-29(28)15-8-5-4-6-9-15)23-20(27)22-12-18(25)24-11-7-10-17(24)19(26)21-3/h4-6,8-9,14,16-17H,7,10-13H2,1-3H3,(H,21,26)(H2,22,23,27)/t16?,17-,29?/m0/s1. The summed E-state index contributed by atoms with van der Waals surface area (Å²) in [7, 11) is 0.304. The van der Waals surface area contributed by atoms with Gasteiger partial charge in [-0.05, 0) is 30.9 Å². The fourth-order valence-electron chi connectivity index (χ4n) is 3.21. The van der Waals surface area contributed by atoms with E-state index in [4.69, 9.17) is 0 Å². The molecule has 1 saturated heterocycles. The van der Waals surface area contributed by atoms with Gasteiger partial charge in [-0.25, -0.2) is 4.79 Å². The molecule has 2 unspecified atom stereocenters. The molecule has 1 aromatic rings. The number of carbonyl (C=O) groups is 3. The topological polar surface area (TPSA) is 108 Å². The van der Waals surface area contributed by atoms with Crippen LogP contribution in [0.25, 0.3) is 0 Å². The molecular weight excluding hydrogens is 392 g/mol. The van der Waals surface area contributed by atoms with Gasteiger partial charge in [0, 0.05) is 30.3 Å². The van der Waals surface area contributed by atoms with Crippen LogP contribution >= 0.6 is 0 Å². The number of urea groups is 1. The zero-order valence-electron chi connectivity index (χ0n) is 17.1. The summed E-state index contributed by atoms with van der Waals surface area (Å²) >= 11 is 0. The Kier molecular flexibility index (Phi) is 8.63. The van der Waals surface area contributed by atoms with Gasteiger partial charge in [-0.1, -0.05) is 32.0 Å². The lowest BCUT2D eigenvalue weighted by molar-refractivity contribution is -0.137. The Balaban J connectivity index is 1.86. The molecule has 8 nitrogen and oxygen atoms in total. The van der Waals surface area contributed by atoms with Crippen molar-refractivity contribution < 1.29 is 18.6 Å². The quantitative estimate of drug-likeness (QED) is 0.577. The first-order valence-electron chi connectivity index (χ1n) is 9.82. The summed E-state index contributed by atoms with van der Waals surface area (Å²) in [5.74, 6) is -0.127.